The minimum absolute atomic E-state index is 0.0473. The first-order valence-corrected chi connectivity index (χ1v) is 13.4. The molecular formula is C27H43N3O4. The Kier molecular flexibility index (Phi) is 6.01. The van der Waals surface area contributed by atoms with Crippen molar-refractivity contribution in [2.45, 2.75) is 90.6 Å². The first kappa shape index (κ1) is 24.1. The van der Waals surface area contributed by atoms with Gasteiger partial charge < -0.3 is 14.6 Å². The second-order valence-electron chi connectivity index (χ2n) is 12.7. The number of ether oxygens (including phenoxy) is 2. The molecule has 0 aliphatic heterocycles. The number of methoxy groups -OCH3 is 1. The monoisotopic (exact) mass is 473 g/mol. The van der Waals surface area contributed by atoms with E-state index in [2.05, 4.69) is 24.0 Å². The third-order valence-electron chi connectivity index (χ3n) is 10.9. The van der Waals surface area contributed by atoms with Crippen molar-refractivity contribution >= 4 is 5.78 Å². The predicted molar refractivity (Wildman–Crippen MR) is 129 cm³/mol. The summed E-state index contributed by atoms with van der Waals surface area (Å²) >= 11 is 0. The van der Waals surface area contributed by atoms with Gasteiger partial charge in [0.25, 0.3) is 0 Å². The van der Waals surface area contributed by atoms with Gasteiger partial charge in [-0.2, -0.15) is 0 Å². The SMILES string of the molecule is COc1nnc(OCC(=O)[C@H]2CCC[C@H]3[C@@H]4CC[C@H]5C[C@](C)(O)CC[C@]5(C)[C@H]4CC[C@]23C)n1C. The maximum atomic E-state index is 13.5. The highest BCUT2D eigenvalue weighted by Crippen LogP contribution is 2.67. The summed E-state index contributed by atoms with van der Waals surface area (Å²) in [6, 6.07) is 0.699. The van der Waals surface area contributed by atoms with Crippen LogP contribution in [0.1, 0.15) is 85.0 Å². The number of rotatable bonds is 5. The molecule has 5 rings (SSSR count). The van der Waals surface area contributed by atoms with Gasteiger partial charge in [0.15, 0.2) is 12.4 Å². The van der Waals surface area contributed by atoms with Crippen LogP contribution >= 0.6 is 0 Å². The Morgan fingerprint density at radius 3 is 2.47 bits per heavy atom. The van der Waals surface area contributed by atoms with Gasteiger partial charge in [0.2, 0.25) is 0 Å². The fourth-order valence-electron chi connectivity index (χ4n) is 9.00. The van der Waals surface area contributed by atoms with Gasteiger partial charge in [0.1, 0.15) is 0 Å². The molecule has 0 amide bonds. The number of carbonyl (C=O) groups excluding carboxylic acids is 1. The van der Waals surface area contributed by atoms with Gasteiger partial charge in [-0.3, -0.25) is 4.79 Å². The van der Waals surface area contributed by atoms with Gasteiger partial charge >= 0.3 is 12.0 Å². The summed E-state index contributed by atoms with van der Waals surface area (Å²) in [7, 11) is 3.32. The van der Waals surface area contributed by atoms with Gasteiger partial charge in [-0.15, -0.1) is 0 Å². The molecule has 1 N–H and O–H groups in total. The van der Waals surface area contributed by atoms with Crippen LogP contribution in [-0.4, -0.2) is 45.0 Å². The third kappa shape index (κ3) is 3.77. The summed E-state index contributed by atoms with van der Waals surface area (Å²) in [6.45, 7) is 7.01. The lowest BCUT2D eigenvalue weighted by Crippen LogP contribution is -2.58. The smallest absolute Gasteiger partial charge is 0.319 e. The van der Waals surface area contributed by atoms with Crippen LogP contribution in [0.2, 0.25) is 0 Å². The van der Waals surface area contributed by atoms with E-state index in [4.69, 9.17) is 9.47 Å². The molecule has 1 heterocycles. The van der Waals surface area contributed by atoms with Crippen LogP contribution < -0.4 is 9.47 Å². The quantitative estimate of drug-likeness (QED) is 0.674. The van der Waals surface area contributed by atoms with Gasteiger partial charge in [-0.25, -0.2) is 4.57 Å². The number of hydrogen-bond acceptors (Lipinski definition) is 6. The van der Waals surface area contributed by atoms with Gasteiger partial charge in [0.05, 0.1) is 12.7 Å². The van der Waals surface area contributed by atoms with Gasteiger partial charge in [-0.1, -0.05) is 30.5 Å². The Bertz CT molecular complexity index is 929. The number of aliphatic hydroxyl groups is 1. The second-order valence-corrected chi connectivity index (χ2v) is 12.7. The summed E-state index contributed by atoms with van der Waals surface area (Å²) in [5.41, 5.74) is -0.0904. The largest absolute Gasteiger partial charge is 0.467 e. The van der Waals surface area contributed by atoms with E-state index in [1.165, 1.54) is 25.7 Å². The van der Waals surface area contributed by atoms with E-state index >= 15 is 0 Å². The maximum Gasteiger partial charge on any atom is 0.319 e. The average molecular weight is 474 g/mol. The Morgan fingerprint density at radius 1 is 1.00 bits per heavy atom. The number of aromatic nitrogens is 3. The Balaban J connectivity index is 1.31. The van der Waals surface area contributed by atoms with E-state index in [1.54, 1.807) is 18.7 Å². The van der Waals surface area contributed by atoms with Crippen LogP contribution in [0.3, 0.4) is 0 Å². The van der Waals surface area contributed by atoms with Crippen molar-refractivity contribution in [1.82, 2.24) is 14.8 Å². The molecule has 0 saturated heterocycles. The molecule has 1 aromatic rings. The highest BCUT2D eigenvalue weighted by molar-refractivity contribution is 5.83. The molecule has 7 nitrogen and oxygen atoms in total. The zero-order valence-corrected chi connectivity index (χ0v) is 21.7. The van der Waals surface area contributed by atoms with Crippen molar-refractivity contribution in [3.05, 3.63) is 0 Å². The number of ketones is 1. The first-order chi connectivity index (χ1) is 16.1. The van der Waals surface area contributed by atoms with Gasteiger partial charge in [-0.05, 0) is 99.2 Å². The van der Waals surface area contributed by atoms with E-state index in [-0.39, 0.29) is 23.7 Å². The van der Waals surface area contributed by atoms with E-state index in [9.17, 15) is 9.90 Å². The molecule has 0 spiro atoms. The number of fused-ring (bicyclic) bond motifs is 5. The molecule has 4 aliphatic rings. The van der Waals surface area contributed by atoms with Crippen LogP contribution in [0, 0.1) is 40.4 Å². The van der Waals surface area contributed by atoms with Crippen molar-refractivity contribution in [2.75, 3.05) is 13.7 Å². The molecule has 0 radical (unpaired) electrons. The standard InChI is InChI=1S/C27H43N3O4/c1-25(32)13-14-26(2)17(15-25)9-10-18-19-7-6-8-21(27(19,3)12-11-20(18)26)22(31)16-34-24-29-28-23(33-5)30(24)4/h17-21,32H,6-16H2,1-5H3/t17-,18-,19-,20-,21+,25+,26-,27-/m0/s1. The van der Waals surface area contributed by atoms with Crippen LogP contribution in [0.4, 0.5) is 0 Å². The van der Waals surface area contributed by atoms with Crippen LogP contribution in [0.15, 0.2) is 0 Å². The molecule has 4 fully saturated rings. The number of nitrogens with zero attached hydrogens (tertiary/aromatic N) is 3. The topological polar surface area (TPSA) is 86.5 Å². The van der Waals surface area contributed by atoms with Crippen molar-refractivity contribution in [2.24, 2.45) is 47.5 Å². The van der Waals surface area contributed by atoms with Crippen molar-refractivity contribution in [3.63, 3.8) is 0 Å². The van der Waals surface area contributed by atoms with Crippen molar-refractivity contribution < 1.29 is 19.4 Å². The molecule has 0 aromatic carbocycles. The summed E-state index contributed by atoms with van der Waals surface area (Å²) < 4.78 is 12.6. The van der Waals surface area contributed by atoms with E-state index in [0.29, 0.717) is 35.2 Å². The first-order valence-electron chi connectivity index (χ1n) is 13.4. The lowest BCUT2D eigenvalue weighted by Gasteiger charge is -2.64. The molecule has 190 valence electrons. The molecular weight excluding hydrogens is 430 g/mol. The van der Waals surface area contributed by atoms with Gasteiger partial charge in [0, 0.05) is 13.0 Å². The number of Topliss-reactive ketones (excluding diaryl/α,β-unsaturated/α-hetero) is 1. The molecule has 4 aliphatic carbocycles. The van der Waals surface area contributed by atoms with Crippen LogP contribution in [0.25, 0.3) is 0 Å². The molecule has 0 bridgehead atoms. The molecule has 1 aromatic heterocycles. The van der Waals surface area contributed by atoms with Crippen molar-refractivity contribution in [3.8, 4) is 12.0 Å². The van der Waals surface area contributed by atoms with E-state index < -0.39 is 5.60 Å². The summed E-state index contributed by atoms with van der Waals surface area (Å²) in [6.07, 6.45) is 11.2. The van der Waals surface area contributed by atoms with Crippen molar-refractivity contribution in [1.29, 1.82) is 0 Å². The minimum atomic E-state index is -0.491. The summed E-state index contributed by atoms with van der Waals surface area (Å²) in [5, 5.41) is 18.7. The lowest BCUT2D eigenvalue weighted by molar-refractivity contribution is -0.169. The second kappa shape index (κ2) is 8.49. The highest BCUT2D eigenvalue weighted by atomic mass is 16.5. The minimum Gasteiger partial charge on any atom is -0.467 e. The van der Waals surface area contributed by atoms with E-state index in [0.717, 1.165) is 44.4 Å². The average Bonchev–Trinajstić information content (AvgIpc) is 3.16. The lowest BCUT2D eigenvalue weighted by atomic mass is 9.41. The summed E-state index contributed by atoms with van der Waals surface area (Å²) in [5.74, 6) is 2.96. The predicted octanol–water partition coefficient (Wildman–Crippen LogP) is 4.57. The molecule has 34 heavy (non-hydrogen) atoms. The fourth-order valence-corrected chi connectivity index (χ4v) is 9.00. The maximum absolute atomic E-state index is 13.5. The Hall–Kier alpha value is -1.63. The number of carbonyl (C=O) groups is 1. The third-order valence-corrected chi connectivity index (χ3v) is 10.9. The summed E-state index contributed by atoms with van der Waals surface area (Å²) in [4.78, 5) is 13.5. The van der Waals surface area contributed by atoms with E-state index in [1.807, 2.05) is 6.92 Å². The van der Waals surface area contributed by atoms with Crippen LogP contribution in [0.5, 0.6) is 12.0 Å². The fraction of sp³-hybridized carbons (Fsp3) is 0.889. The number of hydrogen-bond donors (Lipinski definition) is 1. The Morgan fingerprint density at radius 2 is 1.74 bits per heavy atom. The molecule has 7 heteroatoms. The molecule has 4 saturated carbocycles. The molecule has 0 unspecified atom stereocenters. The zero-order valence-electron chi connectivity index (χ0n) is 21.7. The highest BCUT2D eigenvalue weighted by Gasteiger charge is 2.60. The molecule has 8 atom stereocenters. The normalized spacial score (nSPS) is 43.9. The zero-order chi connectivity index (χ0) is 24.3. The Labute approximate surface area is 204 Å². The van der Waals surface area contributed by atoms with Crippen LogP contribution in [-0.2, 0) is 11.8 Å².